The Bertz CT molecular complexity index is 763. The minimum absolute atomic E-state index is 0.114. The molecule has 0 N–H and O–H groups in total. The van der Waals surface area contributed by atoms with Gasteiger partial charge in [-0.15, -0.1) is 5.54 Å². The molecule has 0 aliphatic carbocycles. The number of methoxy groups -OCH3 is 1. The molecule has 6 nitrogen and oxygen atoms in total. The standard InChI is InChI=1S/C17H20N2O4Si/c1-12-8-6-9-13(15(20)14(19-18)17(21)22-2)16(12)23-10-7-11-24(3,4)5/h6,8-9H,10H2,1-5H3. The van der Waals surface area contributed by atoms with E-state index in [1.165, 1.54) is 6.07 Å². The topological polar surface area (TPSA) is 89.0 Å². The molecule has 24 heavy (non-hydrogen) atoms. The zero-order valence-corrected chi connectivity index (χ0v) is 15.5. The van der Waals surface area contributed by atoms with Gasteiger partial charge in [-0.05, 0) is 18.6 Å². The van der Waals surface area contributed by atoms with E-state index >= 15 is 0 Å². The fraction of sp³-hybridized carbons (Fsp3) is 0.353. The normalized spacial score (nSPS) is 10.0. The number of hydrogen-bond acceptors (Lipinski definition) is 4. The van der Waals surface area contributed by atoms with E-state index in [2.05, 4.69) is 40.6 Å². The Morgan fingerprint density at radius 1 is 1.29 bits per heavy atom. The first-order valence-electron chi connectivity index (χ1n) is 7.28. The van der Waals surface area contributed by atoms with Crippen LogP contribution in [0.4, 0.5) is 0 Å². The van der Waals surface area contributed by atoms with E-state index in [1.54, 1.807) is 19.1 Å². The lowest BCUT2D eigenvalue weighted by Crippen LogP contribution is -2.27. The summed E-state index contributed by atoms with van der Waals surface area (Å²) in [5.41, 5.74) is 12.2. The van der Waals surface area contributed by atoms with E-state index in [-0.39, 0.29) is 12.2 Å². The first-order chi connectivity index (χ1) is 11.2. The molecule has 126 valence electrons. The number of aryl methyl sites for hydroxylation is 1. The average Bonchev–Trinajstić information content (AvgIpc) is 2.51. The number of ketones is 1. The van der Waals surface area contributed by atoms with Crippen molar-refractivity contribution in [2.45, 2.75) is 26.6 Å². The van der Waals surface area contributed by atoms with Crippen LogP contribution in [-0.4, -0.2) is 44.0 Å². The van der Waals surface area contributed by atoms with E-state index in [4.69, 9.17) is 10.3 Å². The molecule has 0 saturated heterocycles. The Morgan fingerprint density at radius 3 is 2.50 bits per heavy atom. The molecule has 0 spiro atoms. The van der Waals surface area contributed by atoms with Gasteiger partial charge in [0.15, 0.2) is 0 Å². The largest absolute Gasteiger partial charge is 0.480 e. The van der Waals surface area contributed by atoms with Crippen molar-refractivity contribution < 1.29 is 23.9 Å². The minimum Gasteiger partial charge on any atom is -0.480 e. The van der Waals surface area contributed by atoms with E-state index in [9.17, 15) is 9.59 Å². The van der Waals surface area contributed by atoms with Gasteiger partial charge in [0.1, 0.15) is 20.4 Å². The molecule has 1 aromatic carbocycles. The lowest BCUT2D eigenvalue weighted by Gasteiger charge is -2.10. The van der Waals surface area contributed by atoms with Gasteiger partial charge in [0.25, 0.3) is 5.78 Å². The molecule has 0 aliphatic heterocycles. The lowest BCUT2D eigenvalue weighted by atomic mass is 10.0. The van der Waals surface area contributed by atoms with Crippen molar-refractivity contribution in [1.82, 2.24) is 0 Å². The van der Waals surface area contributed by atoms with E-state index < -0.39 is 25.5 Å². The number of nitrogens with zero attached hydrogens (tertiary/aromatic N) is 2. The summed E-state index contributed by atoms with van der Waals surface area (Å²) in [5, 5.41) is 0. The van der Waals surface area contributed by atoms with Gasteiger partial charge in [-0.3, -0.25) is 4.79 Å². The zero-order chi connectivity index (χ0) is 18.3. The second kappa shape index (κ2) is 8.25. The minimum atomic E-state index is -1.51. The second-order valence-electron chi connectivity index (χ2n) is 6.06. The van der Waals surface area contributed by atoms with Gasteiger partial charge in [0.05, 0.1) is 12.7 Å². The van der Waals surface area contributed by atoms with Gasteiger partial charge in [0.2, 0.25) is 0 Å². The molecule has 0 unspecified atom stereocenters. The maximum atomic E-state index is 12.4. The zero-order valence-electron chi connectivity index (χ0n) is 14.5. The Kier molecular flexibility index (Phi) is 6.65. The highest BCUT2D eigenvalue weighted by Gasteiger charge is 2.34. The van der Waals surface area contributed by atoms with Crippen LogP contribution >= 0.6 is 0 Å². The van der Waals surface area contributed by atoms with E-state index in [1.807, 2.05) is 0 Å². The van der Waals surface area contributed by atoms with Crippen molar-refractivity contribution >= 4 is 25.5 Å². The van der Waals surface area contributed by atoms with E-state index in [0.717, 1.165) is 7.11 Å². The van der Waals surface area contributed by atoms with Crippen LogP contribution in [0.3, 0.4) is 0 Å². The summed E-state index contributed by atoms with van der Waals surface area (Å²) < 4.78 is 10.1. The smallest absolute Gasteiger partial charge is 0.446 e. The average molecular weight is 344 g/mol. The fourth-order valence-electron chi connectivity index (χ4n) is 1.84. The van der Waals surface area contributed by atoms with Crippen molar-refractivity contribution in [2.24, 2.45) is 0 Å². The molecule has 0 aliphatic rings. The summed E-state index contributed by atoms with van der Waals surface area (Å²) in [7, 11) is -0.412. The number of para-hydroxylation sites is 1. The van der Waals surface area contributed by atoms with Gasteiger partial charge >= 0.3 is 11.7 Å². The third kappa shape index (κ3) is 5.20. The van der Waals surface area contributed by atoms with Crippen molar-refractivity contribution in [2.75, 3.05) is 13.7 Å². The fourth-order valence-corrected chi connectivity index (χ4v) is 2.44. The molecule has 0 amide bonds. The van der Waals surface area contributed by atoms with Crippen LogP contribution in [0.25, 0.3) is 5.53 Å². The second-order valence-corrected chi connectivity index (χ2v) is 10.8. The van der Waals surface area contributed by atoms with E-state index in [0.29, 0.717) is 11.3 Å². The monoisotopic (exact) mass is 344 g/mol. The highest BCUT2D eigenvalue weighted by Crippen LogP contribution is 2.24. The molecule has 0 radical (unpaired) electrons. The maximum absolute atomic E-state index is 12.4. The Morgan fingerprint density at radius 2 is 1.96 bits per heavy atom. The maximum Gasteiger partial charge on any atom is 0.446 e. The van der Waals surface area contributed by atoms with Crippen LogP contribution in [0.2, 0.25) is 19.6 Å². The summed E-state index contributed by atoms with van der Waals surface area (Å²) in [4.78, 5) is 26.7. The quantitative estimate of drug-likeness (QED) is 0.120. The molecule has 1 rings (SSSR count). The van der Waals surface area contributed by atoms with Gasteiger partial charge in [-0.25, -0.2) is 4.79 Å². The molecular formula is C17H20N2O4Si. The molecule has 0 atom stereocenters. The summed E-state index contributed by atoms with van der Waals surface area (Å²) in [6.07, 6.45) is 0. The van der Waals surface area contributed by atoms with Gasteiger partial charge in [-0.2, -0.15) is 4.79 Å². The molecule has 7 heteroatoms. The van der Waals surface area contributed by atoms with Crippen molar-refractivity contribution in [3.05, 3.63) is 34.9 Å². The Labute approximate surface area is 142 Å². The number of esters is 1. The predicted octanol–water partition coefficient (Wildman–Crippen LogP) is 2.28. The molecule has 1 aromatic rings. The predicted molar refractivity (Wildman–Crippen MR) is 92.8 cm³/mol. The molecule has 0 saturated carbocycles. The van der Waals surface area contributed by atoms with Crippen LogP contribution in [0.15, 0.2) is 18.2 Å². The van der Waals surface area contributed by atoms with Crippen molar-refractivity contribution in [1.29, 1.82) is 0 Å². The molecular weight excluding hydrogens is 324 g/mol. The number of hydrogen-bond donors (Lipinski definition) is 0. The van der Waals surface area contributed by atoms with Crippen LogP contribution in [-0.2, 0) is 9.53 Å². The molecule has 0 bridgehead atoms. The van der Waals surface area contributed by atoms with Crippen molar-refractivity contribution in [3.8, 4) is 17.2 Å². The first-order valence-corrected chi connectivity index (χ1v) is 10.8. The summed E-state index contributed by atoms with van der Waals surface area (Å²) in [5.74, 6) is 1.46. The molecule has 0 aromatic heterocycles. The number of carbonyl (C=O) groups is 2. The van der Waals surface area contributed by atoms with Crippen LogP contribution in [0.1, 0.15) is 15.9 Å². The lowest BCUT2D eigenvalue weighted by molar-refractivity contribution is -0.137. The summed E-state index contributed by atoms with van der Waals surface area (Å²) in [6, 6.07) is 4.91. The van der Waals surface area contributed by atoms with Crippen LogP contribution in [0.5, 0.6) is 5.75 Å². The SMILES string of the molecule is COC(=O)C(=[N+]=[N-])C(=O)c1cccc(C)c1OCC#C[Si](C)(C)C. The summed E-state index contributed by atoms with van der Waals surface area (Å²) in [6.45, 7) is 8.24. The third-order valence-electron chi connectivity index (χ3n) is 2.90. The van der Waals surface area contributed by atoms with Crippen molar-refractivity contribution in [3.63, 3.8) is 0 Å². The van der Waals surface area contributed by atoms with Gasteiger partial charge in [-0.1, -0.05) is 37.7 Å². The summed E-state index contributed by atoms with van der Waals surface area (Å²) >= 11 is 0. The van der Waals surface area contributed by atoms with Gasteiger partial charge in [0, 0.05) is 0 Å². The van der Waals surface area contributed by atoms with Gasteiger partial charge < -0.3 is 15.0 Å². The van der Waals surface area contributed by atoms with Crippen LogP contribution < -0.4 is 4.74 Å². The third-order valence-corrected chi connectivity index (χ3v) is 3.83. The highest BCUT2D eigenvalue weighted by molar-refractivity contribution is 6.83. The number of carbonyl (C=O) groups excluding carboxylic acids is 2. The number of ether oxygens (including phenoxy) is 2. The first kappa shape index (κ1) is 19.4. The molecule has 0 fully saturated rings. The highest BCUT2D eigenvalue weighted by atomic mass is 28.3. The molecule has 0 heterocycles. The Balaban J connectivity index is 3.15. The number of benzene rings is 1. The number of rotatable bonds is 5. The Hall–Kier alpha value is -2.68. The number of Topliss-reactive ketones (excluding diaryl/α,β-unsaturated/α-hetero) is 1. The van der Waals surface area contributed by atoms with Crippen LogP contribution in [0, 0.1) is 18.4 Å².